The Hall–Kier alpha value is -2.61. The van der Waals surface area contributed by atoms with E-state index in [1.165, 1.54) is 44.9 Å². The van der Waals surface area contributed by atoms with E-state index in [9.17, 15) is 27.7 Å². The van der Waals surface area contributed by atoms with E-state index in [1.54, 1.807) is 14.2 Å². The zero-order valence-electron chi connectivity index (χ0n) is 53.5. The van der Waals surface area contributed by atoms with Crippen LogP contribution in [0.4, 0.5) is 0 Å². The van der Waals surface area contributed by atoms with Gasteiger partial charge in [-0.3, -0.25) is 19.0 Å². The minimum absolute atomic E-state index is 0.00814. The number of fused-ring (bicyclic) bond motifs is 5. The van der Waals surface area contributed by atoms with Gasteiger partial charge in [-0.05, 0) is 225 Å². The Morgan fingerprint density at radius 3 is 2.19 bits per heavy atom. The molecule has 84 heavy (non-hydrogen) atoms. The highest BCUT2D eigenvalue weighted by Crippen LogP contribution is 2.68. The van der Waals surface area contributed by atoms with Gasteiger partial charge in [-0.2, -0.15) is 8.42 Å². The molecule has 0 spiro atoms. The molecule has 5 aliphatic carbocycles. The number of aliphatic hydroxyl groups is 1. The van der Waals surface area contributed by atoms with Crippen LogP contribution in [0.1, 0.15) is 208 Å². The van der Waals surface area contributed by atoms with E-state index in [2.05, 4.69) is 59.9 Å². The van der Waals surface area contributed by atoms with Gasteiger partial charge >= 0.3 is 16.4 Å². The second-order valence-electron chi connectivity index (χ2n) is 27.8. The van der Waals surface area contributed by atoms with Crippen molar-refractivity contribution in [3.8, 4) is 11.5 Å². The van der Waals surface area contributed by atoms with Crippen LogP contribution in [0.15, 0.2) is 18.2 Å². The summed E-state index contributed by atoms with van der Waals surface area (Å²) in [7, 11) is -1.18. The SMILES string of the molecule is CCCCCCCC(C(=O)NCCCNCCCCNCCCN[C@H]1CC[C@@]2(C)[C@H](C1)C[C@@H](O)[C@@H]1[C@@H]2CC[C@]2(C)[C@@H]([C@H](C)CC[C@@H](OS(=O)(=O)O)C(C)C)CC[C@@H]12)C(=O)O[C@@H]1CCN([C@@H]2CCCC[C@H]2OCCc2ccc(OC)c(OC)c2)C1. The van der Waals surface area contributed by atoms with Crippen LogP contribution in [-0.4, -0.2) is 145 Å². The van der Waals surface area contributed by atoms with Crippen LogP contribution in [0.2, 0.25) is 0 Å². The molecule has 5 saturated carbocycles. The second kappa shape index (κ2) is 33.8. The number of unbranched alkanes of at least 4 members (excludes halogenated alkanes) is 5. The number of carbonyl (C=O) groups excluding carboxylic acids is 2. The van der Waals surface area contributed by atoms with Crippen molar-refractivity contribution in [2.24, 2.45) is 58.2 Å². The van der Waals surface area contributed by atoms with E-state index in [4.69, 9.17) is 23.1 Å². The molecular formula is C67H117N5O11S. The van der Waals surface area contributed by atoms with Crippen molar-refractivity contribution in [3.05, 3.63) is 23.8 Å². The van der Waals surface area contributed by atoms with E-state index in [1.807, 2.05) is 26.0 Å². The van der Waals surface area contributed by atoms with Crippen LogP contribution >= 0.6 is 0 Å². The van der Waals surface area contributed by atoms with Crippen molar-refractivity contribution >= 4 is 22.3 Å². The fourth-order valence-electron chi connectivity index (χ4n) is 17.2. The first-order chi connectivity index (χ1) is 40.4. The number of methoxy groups -OCH3 is 2. The Balaban J connectivity index is 0.726. The topological polar surface area (TPSA) is 206 Å². The monoisotopic (exact) mass is 1200 g/mol. The maximum absolute atomic E-state index is 13.8. The van der Waals surface area contributed by atoms with Crippen LogP contribution < -0.4 is 30.7 Å². The predicted octanol–water partition coefficient (Wildman–Crippen LogP) is 10.9. The predicted molar refractivity (Wildman–Crippen MR) is 333 cm³/mol. The van der Waals surface area contributed by atoms with E-state index >= 15 is 0 Å². The average molecular weight is 1200 g/mol. The van der Waals surface area contributed by atoms with Gasteiger partial charge in [0.1, 0.15) is 12.0 Å². The maximum Gasteiger partial charge on any atom is 0.397 e. The smallest absolute Gasteiger partial charge is 0.397 e. The lowest BCUT2D eigenvalue weighted by molar-refractivity contribution is -0.167. The van der Waals surface area contributed by atoms with Gasteiger partial charge in [0.25, 0.3) is 0 Å². The number of ether oxygens (including phenoxy) is 4. The first-order valence-corrected chi connectivity index (χ1v) is 35.3. The first-order valence-electron chi connectivity index (χ1n) is 33.9. The van der Waals surface area contributed by atoms with Crippen molar-refractivity contribution < 1.29 is 50.8 Å². The molecule has 1 saturated heterocycles. The minimum Gasteiger partial charge on any atom is -0.493 e. The van der Waals surface area contributed by atoms with E-state index in [0.717, 1.165) is 165 Å². The maximum atomic E-state index is 13.8. The summed E-state index contributed by atoms with van der Waals surface area (Å²) in [6.07, 6.45) is 25.8. The molecule has 0 aromatic heterocycles. The molecule has 0 bridgehead atoms. The van der Waals surface area contributed by atoms with Crippen molar-refractivity contribution in [1.29, 1.82) is 0 Å². The van der Waals surface area contributed by atoms with Crippen molar-refractivity contribution in [1.82, 2.24) is 26.2 Å². The number of amides is 1. The number of aliphatic hydroxyl groups excluding tert-OH is 1. The van der Waals surface area contributed by atoms with Gasteiger partial charge in [0.2, 0.25) is 5.91 Å². The molecule has 7 rings (SSSR count). The largest absolute Gasteiger partial charge is 0.493 e. The highest BCUT2D eigenvalue weighted by atomic mass is 32.3. The highest BCUT2D eigenvalue weighted by molar-refractivity contribution is 7.80. The van der Waals surface area contributed by atoms with E-state index in [0.29, 0.717) is 80.1 Å². The number of carbonyl (C=O) groups is 2. The Morgan fingerprint density at radius 2 is 1.46 bits per heavy atom. The summed E-state index contributed by atoms with van der Waals surface area (Å²) in [5.74, 6) is 3.06. The normalized spacial score (nSPS) is 30.9. The summed E-state index contributed by atoms with van der Waals surface area (Å²) >= 11 is 0. The average Bonchev–Trinajstić information content (AvgIpc) is 1.44. The summed E-state index contributed by atoms with van der Waals surface area (Å²) in [5.41, 5.74) is 1.61. The quantitative estimate of drug-likeness (QED) is 0.0159. The van der Waals surface area contributed by atoms with Gasteiger partial charge in [-0.1, -0.05) is 92.6 Å². The molecule has 6 N–H and O–H groups in total. The van der Waals surface area contributed by atoms with Crippen molar-refractivity contribution in [3.63, 3.8) is 0 Å². The van der Waals surface area contributed by atoms with Crippen LogP contribution in [0.3, 0.4) is 0 Å². The summed E-state index contributed by atoms with van der Waals surface area (Å²) in [4.78, 5) is 29.9. The van der Waals surface area contributed by atoms with E-state index < -0.39 is 22.4 Å². The molecule has 6 fully saturated rings. The molecule has 0 radical (unpaired) electrons. The van der Waals surface area contributed by atoms with Gasteiger partial charge in [-0.25, -0.2) is 4.18 Å². The Labute approximate surface area is 508 Å². The molecular weight excluding hydrogens is 1080 g/mol. The Bertz CT molecular complexity index is 2240. The van der Waals surface area contributed by atoms with Gasteiger partial charge in [0.15, 0.2) is 11.5 Å². The minimum atomic E-state index is -4.49. The summed E-state index contributed by atoms with van der Waals surface area (Å²) in [5, 5.41) is 26.2. The first kappa shape index (κ1) is 68.9. The molecule has 1 unspecified atom stereocenters. The Morgan fingerprint density at radius 1 is 0.762 bits per heavy atom. The molecule has 16 nitrogen and oxygen atoms in total. The standard InChI is InChI=1S/C67H117N5O11S/c1-9-10-11-12-13-20-53(65(75)82-52-31-41-72(46-52)57-21-14-15-22-60(57)81-42-32-49-24-28-61(79-7)62(43-49)80-8)64(74)71-40-19-38-69-36-17-16-35-68-37-18-39-70-51-29-33-66(5)50(44-51)45-58(73)63-55-26-25-54(67(55,6)34-30-56(63)66)48(4)23-27-59(47(2)3)83-84(76,77)78/h24,28,43,47-48,50-60,63,68-70,73H,9-23,25-27,29-42,44-46H2,1-8H3,(H,71,74)(H,76,77,78)/t48-,50-,51+,52-,53?,54-,55+,56+,57-,58-,59-,60-,63+,66+,67-/m1/s1. The zero-order chi connectivity index (χ0) is 60.3. The number of hydrogen-bond donors (Lipinski definition) is 6. The molecule has 1 aromatic rings. The van der Waals surface area contributed by atoms with Gasteiger partial charge in [0.05, 0.1) is 39.1 Å². The van der Waals surface area contributed by atoms with Crippen molar-refractivity contribution in [2.45, 2.75) is 245 Å². The highest BCUT2D eigenvalue weighted by Gasteiger charge is 2.63. The van der Waals surface area contributed by atoms with E-state index in [-0.39, 0.29) is 46.9 Å². The summed E-state index contributed by atoms with van der Waals surface area (Å²) in [6, 6.07) is 6.84. The number of likely N-dealkylation sites (tertiary alicyclic amines) is 1. The molecule has 15 atom stereocenters. The summed E-state index contributed by atoms with van der Waals surface area (Å²) in [6.45, 7) is 21.0. The molecule has 1 heterocycles. The number of hydrogen-bond acceptors (Lipinski definition) is 14. The molecule has 17 heteroatoms. The molecule has 6 aliphatic rings. The fourth-order valence-corrected chi connectivity index (χ4v) is 17.9. The number of nitrogens with one attached hydrogen (secondary N) is 4. The molecule has 1 aliphatic heterocycles. The molecule has 482 valence electrons. The summed E-state index contributed by atoms with van der Waals surface area (Å²) < 4.78 is 61.2. The lowest BCUT2D eigenvalue weighted by atomic mass is 9.43. The van der Waals surface area contributed by atoms with Gasteiger partial charge in [0, 0.05) is 31.7 Å². The lowest BCUT2D eigenvalue weighted by Crippen LogP contribution is -2.59. The Kier molecular flexibility index (Phi) is 27.7. The number of esters is 1. The van der Waals surface area contributed by atoms with Gasteiger partial charge < -0.3 is 45.3 Å². The van der Waals surface area contributed by atoms with Crippen molar-refractivity contribution in [2.75, 3.05) is 73.2 Å². The van der Waals surface area contributed by atoms with Crippen LogP contribution in [0.5, 0.6) is 11.5 Å². The second-order valence-corrected chi connectivity index (χ2v) is 28.9. The lowest BCUT2D eigenvalue weighted by Gasteiger charge is -2.62. The van der Waals surface area contributed by atoms with Gasteiger partial charge in [-0.15, -0.1) is 0 Å². The fraction of sp³-hybridized carbons (Fsp3) is 0.881. The van der Waals surface area contributed by atoms with Crippen LogP contribution in [-0.2, 0) is 40.1 Å². The van der Waals surface area contributed by atoms with Crippen LogP contribution in [0.25, 0.3) is 0 Å². The zero-order valence-corrected chi connectivity index (χ0v) is 54.3. The molecule has 1 aromatic carbocycles. The third-order valence-corrected chi connectivity index (χ3v) is 22.5. The number of benzene rings is 1. The third kappa shape index (κ3) is 19.2. The third-order valence-electron chi connectivity index (χ3n) is 22.1. The molecule has 1 amide bonds. The van der Waals surface area contributed by atoms with Crippen LogP contribution in [0, 0.1) is 58.2 Å². The number of rotatable bonds is 37. The number of nitrogens with zero attached hydrogens (tertiary/aromatic N) is 1.